The fraction of sp³-hybridized carbons (Fsp3) is 0.348. The van der Waals surface area contributed by atoms with Gasteiger partial charge in [0.25, 0.3) is 11.8 Å². The maximum absolute atomic E-state index is 13.2. The van der Waals surface area contributed by atoms with E-state index in [1.54, 1.807) is 30.6 Å². The van der Waals surface area contributed by atoms with Gasteiger partial charge in [-0.25, -0.2) is 10.3 Å². The summed E-state index contributed by atoms with van der Waals surface area (Å²) in [6.07, 6.45) is 2.91. The maximum Gasteiger partial charge on any atom is 0.338 e. The Kier molecular flexibility index (Phi) is 6.87. The van der Waals surface area contributed by atoms with E-state index in [9.17, 15) is 14.4 Å². The van der Waals surface area contributed by atoms with Crippen LogP contribution in [0.1, 0.15) is 33.6 Å². The van der Waals surface area contributed by atoms with Crippen molar-refractivity contribution in [1.82, 2.24) is 20.8 Å². The number of unbranched alkanes of at least 4 members (excludes halogenated alkanes) is 1. The summed E-state index contributed by atoms with van der Waals surface area (Å²) in [5, 5.41) is 6.60. The molecule has 10 heteroatoms. The average molecular weight is 454 g/mol. The van der Waals surface area contributed by atoms with Crippen LogP contribution in [0.2, 0.25) is 0 Å². The van der Waals surface area contributed by atoms with Gasteiger partial charge in [-0.2, -0.15) is 5.06 Å². The number of urea groups is 1. The van der Waals surface area contributed by atoms with Crippen molar-refractivity contribution in [3.63, 3.8) is 0 Å². The van der Waals surface area contributed by atoms with Gasteiger partial charge in [-0.1, -0.05) is 12.1 Å². The molecule has 0 fully saturated rings. The second-order valence-corrected chi connectivity index (χ2v) is 7.63. The molecule has 4 amide bonds. The number of hydroxylamine groups is 3. The van der Waals surface area contributed by atoms with E-state index in [0.717, 1.165) is 10.8 Å². The van der Waals surface area contributed by atoms with Crippen molar-refractivity contribution in [1.29, 1.82) is 0 Å². The highest BCUT2D eigenvalue weighted by atomic mass is 16.7. The van der Waals surface area contributed by atoms with Crippen molar-refractivity contribution < 1.29 is 28.5 Å². The van der Waals surface area contributed by atoms with E-state index in [4.69, 9.17) is 9.25 Å². The lowest BCUT2D eigenvalue weighted by molar-refractivity contribution is -0.130. The molecule has 0 aliphatic carbocycles. The van der Waals surface area contributed by atoms with Crippen LogP contribution in [0.25, 0.3) is 21.7 Å². The molecule has 3 aromatic rings. The van der Waals surface area contributed by atoms with Crippen LogP contribution in [-0.2, 0) is 9.68 Å². The van der Waals surface area contributed by atoms with E-state index < -0.39 is 6.03 Å². The maximum atomic E-state index is 13.2. The molecule has 0 saturated heterocycles. The number of imide groups is 1. The van der Waals surface area contributed by atoms with Crippen LogP contribution in [0.15, 0.2) is 41.0 Å². The van der Waals surface area contributed by atoms with E-state index in [1.165, 1.54) is 12.0 Å². The highest BCUT2D eigenvalue weighted by molar-refractivity contribution is 6.28. The van der Waals surface area contributed by atoms with Gasteiger partial charge in [0.2, 0.25) is 0 Å². The fourth-order valence-corrected chi connectivity index (χ4v) is 4.12. The molecular weight excluding hydrogens is 428 g/mol. The smallest absolute Gasteiger partial charge is 0.338 e. The molecule has 0 saturated carbocycles. The number of nitrogens with one attached hydrogen (secondary N) is 2. The number of hydrogen-bond donors (Lipinski definition) is 2. The number of carbonyl (C=O) groups excluding carboxylic acids is 3. The number of furan rings is 1. The van der Waals surface area contributed by atoms with Crippen LogP contribution in [0.5, 0.6) is 0 Å². The van der Waals surface area contributed by atoms with Crippen LogP contribution in [0, 0.1) is 0 Å². The van der Waals surface area contributed by atoms with Crippen molar-refractivity contribution >= 4 is 39.6 Å². The molecule has 174 valence electrons. The van der Waals surface area contributed by atoms with Gasteiger partial charge in [0.15, 0.2) is 0 Å². The predicted octanol–water partition coefficient (Wildman–Crippen LogP) is 2.69. The molecule has 2 N–H and O–H groups in total. The number of fused-ring (bicyclic) bond motifs is 2. The standard InChI is InChI=1S/C23H26N4O6/c1-31-25-23(30)24-9-12-26(32-2)10-3-4-11-27-21(28)17-7-5-6-16-19(17)18(22(27)29)14-15-8-13-33-20(15)16/h5-8,13-14H,3-4,9-12H2,1-2H3,(H2,24,25,30). The zero-order chi connectivity index (χ0) is 23.4. The van der Waals surface area contributed by atoms with Crippen LogP contribution in [0.3, 0.4) is 0 Å². The van der Waals surface area contributed by atoms with Gasteiger partial charge in [-0.3, -0.25) is 19.3 Å². The summed E-state index contributed by atoms with van der Waals surface area (Å²) >= 11 is 0. The van der Waals surface area contributed by atoms with Gasteiger partial charge in [-0.15, -0.1) is 0 Å². The molecule has 33 heavy (non-hydrogen) atoms. The number of amides is 4. The fourth-order valence-electron chi connectivity index (χ4n) is 4.12. The highest BCUT2D eigenvalue weighted by Gasteiger charge is 2.33. The molecule has 0 bridgehead atoms. The normalized spacial score (nSPS) is 13.4. The zero-order valence-electron chi connectivity index (χ0n) is 18.6. The minimum Gasteiger partial charge on any atom is -0.464 e. The first-order valence-electron chi connectivity index (χ1n) is 10.7. The SMILES string of the molecule is CONC(=O)NCCN(CCCCN1C(=O)c2cccc3c2c(cc2ccoc23)C1=O)OC. The monoisotopic (exact) mass is 454 g/mol. The van der Waals surface area contributed by atoms with Gasteiger partial charge < -0.3 is 14.6 Å². The van der Waals surface area contributed by atoms with Crippen molar-refractivity contribution in [3.8, 4) is 0 Å². The number of rotatable bonds is 10. The molecule has 0 atom stereocenters. The average Bonchev–Trinajstić information content (AvgIpc) is 3.29. The topological polar surface area (TPSA) is 113 Å². The lowest BCUT2D eigenvalue weighted by Crippen LogP contribution is -2.41. The van der Waals surface area contributed by atoms with E-state index >= 15 is 0 Å². The largest absolute Gasteiger partial charge is 0.464 e. The van der Waals surface area contributed by atoms with E-state index in [1.807, 2.05) is 18.2 Å². The number of carbonyl (C=O) groups is 3. The lowest BCUT2D eigenvalue weighted by atomic mass is 9.92. The second-order valence-electron chi connectivity index (χ2n) is 7.63. The molecule has 0 spiro atoms. The van der Waals surface area contributed by atoms with Crippen molar-refractivity contribution in [2.45, 2.75) is 12.8 Å². The van der Waals surface area contributed by atoms with Crippen LogP contribution in [-0.4, -0.2) is 68.2 Å². The van der Waals surface area contributed by atoms with E-state index in [2.05, 4.69) is 15.6 Å². The first-order valence-corrected chi connectivity index (χ1v) is 10.7. The third kappa shape index (κ3) is 4.54. The summed E-state index contributed by atoms with van der Waals surface area (Å²) in [4.78, 5) is 48.8. The first kappa shape index (κ1) is 22.7. The molecule has 4 rings (SSSR count). The summed E-state index contributed by atoms with van der Waals surface area (Å²) in [5.74, 6) is -0.579. The highest BCUT2D eigenvalue weighted by Crippen LogP contribution is 2.35. The molecular formula is C23H26N4O6. The molecule has 2 aromatic carbocycles. The quantitative estimate of drug-likeness (QED) is 0.275. The number of hydrogen-bond acceptors (Lipinski definition) is 7. The minimum absolute atomic E-state index is 0.288. The molecule has 1 aliphatic rings. The van der Waals surface area contributed by atoms with Gasteiger partial charge in [0.05, 0.1) is 20.5 Å². The Morgan fingerprint density at radius 2 is 1.91 bits per heavy atom. The summed E-state index contributed by atoms with van der Waals surface area (Å²) < 4.78 is 5.59. The predicted molar refractivity (Wildman–Crippen MR) is 120 cm³/mol. The summed E-state index contributed by atoms with van der Waals surface area (Å²) in [5.41, 5.74) is 3.89. The van der Waals surface area contributed by atoms with Crippen LogP contribution < -0.4 is 10.8 Å². The Morgan fingerprint density at radius 3 is 2.70 bits per heavy atom. The Bertz CT molecular complexity index is 1190. The molecule has 2 heterocycles. The zero-order valence-corrected chi connectivity index (χ0v) is 18.6. The minimum atomic E-state index is -0.432. The van der Waals surface area contributed by atoms with Gasteiger partial charge in [0, 0.05) is 53.5 Å². The molecule has 0 unspecified atom stereocenters. The van der Waals surface area contributed by atoms with Gasteiger partial charge in [0.1, 0.15) is 5.58 Å². The Morgan fingerprint density at radius 1 is 1.09 bits per heavy atom. The van der Waals surface area contributed by atoms with Crippen molar-refractivity contribution in [2.24, 2.45) is 0 Å². The van der Waals surface area contributed by atoms with E-state index in [0.29, 0.717) is 61.1 Å². The number of nitrogens with zero attached hydrogens (tertiary/aromatic N) is 2. The molecule has 0 radical (unpaired) electrons. The van der Waals surface area contributed by atoms with Crippen LogP contribution in [0.4, 0.5) is 4.79 Å². The Balaban J connectivity index is 1.37. The summed E-state index contributed by atoms with van der Waals surface area (Å²) in [6, 6.07) is 8.62. The third-order valence-electron chi connectivity index (χ3n) is 5.66. The Hall–Kier alpha value is -3.47. The van der Waals surface area contributed by atoms with Crippen LogP contribution >= 0.6 is 0 Å². The van der Waals surface area contributed by atoms with Crippen molar-refractivity contribution in [2.75, 3.05) is 40.4 Å². The molecule has 1 aromatic heterocycles. The molecule has 10 nitrogen and oxygen atoms in total. The second kappa shape index (κ2) is 9.99. The van der Waals surface area contributed by atoms with E-state index in [-0.39, 0.29) is 11.8 Å². The summed E-state index contributed by atoms with van der Waals surface area (Å²) in [6.45, 7) is 1.74. The number of benzene rings is 2. The first-order chi connectivity index (χ1) is 16.0. The Labute approximate surface area is 190 Å². The van der Waals surface area contributed by atoms with Crippen molar-refractivity contribution in [3.05, 3.63) is 47.7 Å². The third-order valence-corrected chi connectivity index (χ3v) is 5.66. The molecule has 1 aliphatic heterocycles. The van der Waals surface area contributed by atoms with Gasteiger partial charge in [-0.05, 0) is 31.0 Å². The summed E-state index contributed by atoms with van der Waals surface area (Å²) in [7, 11) is 2.91. The lowest BCUT2D eigenvalue weighted by Gasteiger charge is -2.27. The van der Waals surface area contributed by atoms with Gasteiger partial charge >= 0.3 is 6.03 Å².